The zero-order valence-electron chi connectivity index (χ0n) is 13.7. The zero-order valence-corrected chi connectivity index (χ0v) is 16.1. The number of hydrogen-bond donors (Lipinski definition) is 2. The van der Waals surface area contributed by atoms with Crippen LogP contribution in [0.15, 0.2) is 53.0 Å². The van der Waals surface area contributed by atoms with Gasteiger partial charge in [-0.1, -0.05) is 46.3 Å². The first-order valence-electron chi connectivity index (χ1n) is 7.63. The molecule has 0 aliphatic heterocycles. The molecule has 25 heavy (non-hydrogen) atoms. The van der Waals surface area contributed by atoms with Crippen molar-refractivity contribution in [2.45, 2.75) is 12.7 Å². The summed E-state index contributed by atoms with van der Waals surface area (Å²) in [6, 6.07) is 14.0. The largest absolute Gasteiger partial charge is 0.492 e. The Labute approximate surface area is 155 Å². The molecule has 0 atom stereocenters. The first kappa shape index (κ1) is 19.4. The van der Waals surface area contributed by atoms with Crippen molar-refractivity contribution in [3.05, 3.63) is 58.6 Å². The third kappa shape index (κ3) is 6.15. The van der Waals surface area contributed by atoms with Crippen LogP contribution in [-0.4, -0.2) is 27.5 Å². The van der Waals surface area contributed by atoms with E-state index in [1.54, 1.807) is 48.5 Å². The summed E-state index contributed by atoms with van der Waals surface area (Å²) in [5.41, 5.74) is 1.12. The molecule has 0 spiro atoms. The third-order valence-electron chi connectivity index (χ3n) is 3.22. The fraction of sp³-hybridized carbons (Fsp3) is 0.235. The smallest absolute Gasteiger partial charge is 0.239 e. The Morgan fingerprint density at radius 1 is 1.12 bits per heavy atom. The van der Waals surface area contributed by atoms with Gasteiger partial charge in [-0.05, 0) is 30.7 Å². The highest BCUT2D eigenvalue weighted by Crippen LogP contribution is 2.23. The van der Waals surface area contributed by atoms with Crippen LogP contribution >= 0.6 is 15.9 Å². The molecule has 2 aromatic rings. The lowest BCUT2D eigenvalue weighted by molar-refractivity contribution is -0.115. The van der Waals surface area contributed by atoms with Crippen LogP contribution in [0.4, 0.5) is 5.69 Å². The van der Waals surface area contributed by atoms with E-state index >= 15 is 0 Å². The number of anilines is 1. The van der Waals surface area contributed by atoms with Gasteiger partial charge in [-0.25, -0.2) is 13.1 Å². The molecule has 6 nitrogen and oxygen atoms in total. The van der Waals surface area contributed by atoms with E-state index in [0.717, 1.165) is 0 Å². The van der Waals surface area contributed by atoms with Crippen molar-refractivity contribution >= 4 is 37.5 Å². The second-order valence-corrected chi connectivity index (χ2v) is 7.81. The Bertz CT molecular complexity index is 840. The topological polar surface area (TPSA) is 84.5 Å². The van der Waals surface area contributed by atoms with Gasteiger partial charge in [0.05, 0.1) is 24.6 Å². The normalized spacial score (nSPS) is 11.1. The Morgan fingerprint density at radius 2 is 1.80 bits per heavy atom. The zero-order chi connectivity index (χ0) is 18.3. The average Bonchev–Trinajstić information content (AvgIpc) is 2.57. The summed E-state index contributed by atoms with van der Waals surface area (Å²) in [4.78, 5) is 12.0. The molecule has 0 aliphatic rings. The van der Waals surface area contributed by atoms with Crippen molar-refractivity contribution < 1.29 is 17.9 Å². The maximum atomic E-state index is 12.1. The van der Waals surface area contributed by atoms with Crippen LogP contribution in [0, 0.1) is 0 Å². The summed E-state index contributed by atoms with van der Waals surface area (Å²) in [7, 11) is -3.64. The molecular weight excluding hydrogens is 408 g/mol. The number of hydrogen-bond acceptors (Lipinski definition) is 4. The molecule has 0 fully saturated rings. The lowest BCUT2D eigenvalue weighted by Gasteiger charge is -2.12. The van der Waals surface area contributed by atoms with Crippen molar-refractivity contribution in [2.24, 2.45) is 0 Å². The number of halogens is 1. The Kier molecular flexibility index (Phi) is 6.98. The molecule has 1 amide bonds. The van der Waals surface area contributed by atoms with Gasteiger partial charge in [0.2, 0.25) is 15.9 Å². The van der Waals surface area contributed by atoms with Crippen molar-refractivity contribution in [1.82, 2.24) is 4.72 Å². The van der Waals surface area contributed by atoms with E-state index in [-0.39, 0.29) is 12.3 Å². The van der Waals surface area contributed by atoms with Crippen molar-refractivity contribution in [1.29, 1.82) is 0 Å². The number of benzene rings is 2. The van der Waals surface area contributed by atoms with Crippen LogP contribution in [-0.2, 0) is 20.6 Å². The molecule has 2 aromatic carbocycles. The number of ether oxygens (including phenoxy) is 1. The minimum atomic E-state index is -3.64. The molecule has 0 saturated carbocycles. The van der Waals surface area contributed by atoms with Crippen LogP contribution in [0.2, 0.25) is 0 Å². The van der Waals surface area contributed by atoms with Crippen molar-refractivity contribution in [3.8, 4) is 5.75 Å². The van der Waals surface area contributed by atoms with E-state index in [9.17, 15) is 13.2 Å². The van der Waals surface area contributed by atoms with Gasteiger partial charge in [-0.3, -0.25) is 4.79 Å². The number of carbonyl (C=O) groups excluding carboxylic acids is 1. The highest BCUT2D eigenvalue weighted by Gasteiger charge is 2.15. The van der Waals surface area contributed by atoms with E-state index in [4.69, 9.17) is 4.74 Å². The highest BCUT2D eigenvalue weighted by molar-refractivity contribution is 9.10. The summed E-state index contributed by atoms with van der Waals surface area (Å²) in [6.45, 7) is 1.95. The molecule has 2 rings (SSSR count). The SMILES string of the molecule is CCOc1ccccc1NC(=O)CNS(=O)(=O)Cc1ccccc1Br. The first-order valence-corrected chi connectivity index (χ1v) is 10.1. The average molecular weight is 427 g/mol. The van der Waals surface area contributed by atoms with Gasteiger partial charge in [-0.2, -0.15) is 0 Å². The maximum absolute atomic E-state index is 12.1. The van der Waals surface area contributed by atoms with E-state index in [2.05, 4.69) is 26.0 Å². The predicted molar refractivity (Wildman–Crippen MR) is 101 cm³/mol. The minimum Gasteiger partial charge on any atom is -0.492 e. The molecule has 0 aliphatic carbocycles. The second kappa shape index (κ2) is 8.98. The Morgan fingerprint density at radius 3 is 2.52 bits per heavy atom. The fourth-order valence-corrected chi connectivity index (χ4v) is 3.82. The van der Waals surface area contributed by atoms with Gasteiger partial charge in [0.15, 0.2) is 0 Å². The summed E-state index contributed by atoms with van der Waals surface area (Å²) in [5.74, 6) is -0.144. The van der Waals surface area contributed by atoms with E-state index in [1.807, 2.05) is 6.92 Å². The summed E-state index contributed by atoms with van der Waals surface area (Å²) in [6.07, 6.45) is 0. The highest BCUT2D eigenvalue weighted by atomic mass is 79.9. The molecule has 0 radical (unpaired) electrons. The summed E-state index contributed by atoms with van der Waals surface area (Å²) < 4.78 is 32.7. The first-order chi connectivity index (χ1) is 11.9. The molecule has 0 aromatic heterocycles. The molecule has 0 bridgehead atoms. The van der Waals surface area contributed by atoms with Crippen LogP contribution in [0.25, 0.3) is 0 Å². The predicted octanol–water partition coefficient (Wildman–Crippen LogP) is 2.91. The lowest BCUT2D eigenvalue weighted by atomic mass is 10.2. The number of rotatable bonds is 8. The maximum Gasteiger partial charge on any atom is 0.239 e. The molecule has 0 saturated heterocycles. The third-order valence-corrected chi connectivity index (χ3v) is 5.27. The van der Waals surface area contributed by atoms with Crippen LogP contribution in [0.1, 0.15) is 12.5 Å². The van der Waals surface area contributed by atoms with Crippen LogP contribution in [0.3, 0.4) is 0 Å². The molecule has 0 unspecified atom stereocenters. The quantitative estimate of drug-likeness (QED) is 0.679. The summed E-state index contributed by atoms with van der Waals surface area (Å²) in [5, 5.41) is 2.64. The number of amides is 1. The van der Waals surface area contributed by atoms with Gasteiger partial charge in [-0.15, -0.1) is 0 Å². The van der Waals surface area contributed by atoms with Crippen LogP contribution in [0.5, 0.6) is 5.75 Å². The van der Waals surface area contributed by atoms with Crippen LogP contribution < -0.4 is 14.8 Å². The summed E-state index contributed by atoms with van der Waals surface area (Å²) >= 11 is 3.31. The Hall–Kier alpha value is -1.90. The second-order valence-electron chi connectivity index (χ2n) is 5.15. The van der Waals surface area contributed by atoms with E-state index < -0.39 is 15.9 Å². The Balaban J connectivity index is 1.94. The molecule has 2 N–H and O–H groups in total. The van der Waals surface area contributed by atoms with Gasteiger partial charge in [0.1, 0.15) is 5.75 Å². The molecule has 134 valence electrons. The van der Waals surface area contributed by atoms with Gasteiger partial charge in [0, 0.05) is 4.47 Å². The number of nitrogens with one attached hydrogen (secondary N) is 2. The molecular formula is C17H19BrN2O4S. The number of sulfonamides is 1. The monoisotopic (exact) mass is 426 g/mol. The van der Waals surface area contributed by atoms with Crippen molar-refractivity contribution in [2.75, 3.05) is 18.5 Å². The van der Waals surface area contributed by atoms with Crippen molar-refractivity contribution in [3.63, 3.8) is 0 Å². The van der Waals surface area contributed by atoms with E-state index in [0.29, 0.717) is 28.1 Å². The minimum absolute atomic E-state index is 0.211. The lowest BCUT2D eigenvalue weighted by Crippen LogP contribution is -2.33. The number of para-hydroxylation sites is 2. The molecule has 8 heteroatoms. The van der Waals surface area contributed by atoms with Gasteiger partial charge in [0.25, 0.3) is 0 Å². The standard InChI is InChI=1S/C17H19BrN2O4S/c1-2-24-16-10-6-5-9-15(16)20-17(21)11-19-25(22,23)12-13-7-3-4-8-14(13)18/h3-10,19H,2,11-12H2,1H3,(H,20,21). The number of carbonyl (C=O) groups is 1. The van der Waals surface area contributed by atoms with E-state index in [1.165, 1.54) is 0 Å². The fourth-order valence-electron chi connectivity index (χ4n) is 2.09. The van der Waals surface area contributed by atoms with Gasteiger partial charge < -0.3 is 10.1 Å². The molecule has 0 heterocycles. The van der Waals surface area contributed by atoms with Gasteiger partial charge >= 0.3 is 0 Å².